The Morgan fingerprint density at radius 1 is 1.16 bits per heavy atom. The van der Waals surface area contributed by atoms with E-state index in [2.05, 4.69) is 5.32 Å². The number of halogens is 2. The fourth-order valence-electron chi connectivity index (χ4n) is 2.24. The van der Waals surface area contributed by atoms with E-state index in [1.807, 2.05) is 10.8 Å². The second-order valence-corrected chi connectivity index (χ2v) is 7.62. The average Bonchev–Trinajstić information content (AvgIpc) is 3.27. The highest BCUT2D eigenvalue weighted by Gasteiger charge is 2.14. The number of hydrogen-bond acceptors (Lipinski definition) is 4. The van der Waals surface area contributed by atoms with Crippen LogP contribution in [-0.4, -0.2) is 11.7 Å². The second-order valence-electron chi connectivity index (χ2n) is 5.26. The molecule has 0 aliphatic rings. The van der Waals surface area contributed by atoms with Crippen LogP contribution in [0.15, 0.2) is 47.2 Å². The standard InChI is InChI=1S/C18H13ClFNO2S2/c19-14-2-1-3-15(20)13(14)8-17(22)21-9-12-4-5-16(25-12)18(23)11-6-7-24-10-11/h1-7,10H,8-9H2,(H,21,22). The number of hydrogen-bond donors (Lipinski definition) is 1. The van der Waals surface area contributed by atoms with Crippen LogP contribution in [0.4, 0.5) is 4.39 Å². The van der Waals surface area contributed by atoms with Gasteiger partial charge in [0.05, 0.1) is 17.8 Å². The lowest BCUT2D eigenvalue weighted by Crippen LogP contribution is -2.24. The average molecular weight is 394 g/mol. The smallest absolute Gasteiger partial charge is 0.224 e. The van der Waals surface area contributed by atoms with E-state index in [0.717, 1.165) is 4.88 Å². The number of ketones is 1. The lowest BCUT2D eigenvalue weighted by molar-refractivity contribution is -0.120. The SMILES string of the molecule is O=C(Cc1c(F)cccc1Cl)NCc1ccc(C(=O)c2ccsc2)s1. The summed E-state index contributed by atoms with van der Waals surface area (Å²) in [5.41, 5.74) is 0.845. The molecule has 0 atom stereocenters. The first-order valence-electron chi connectivity index (χ1n) is 7.40. The van der Waals surface area contributed by atoms with Crippen LogP contribution < -0.4 is 5.32 Å². The fraction of sp³-hybridized carbons (Fsp3) is 0.111. The van der Waals surface area contributed by atoms with Crippen LogP contribution in [0.3, 0.4) is 0 Å². The highest BCUT2D eigenvalue weighted by molar-refractivity contribution is 7.14. The third-order valence-corrected chi connectivity index (χ3v) is 5.65. The van der Waals surface area contributed by atoms with Crippen molar-refractivity contribution in [3.63, 3.8) is 0 Å². The molecule has 0 fully saturated rings. The predicted octanol–water partition coefficient (Wildman–Crippen LogP) is 4.69. The van der Waals surface area contributed by atoms with E-state index in [1.54, 1.807) is 24.3 Å². The van der Waals surface area contributed by atoms with Gasteiger partial charge in [-0.3, -0.25) is 9.59 Å². The summed E-state index contributed by atoms with van der Waals surface area (Å²) in [6.07, 6.45) is -0.127. The summed E-state index contributed by atoms with van der Waals surface area (Å²) in [6, 6.07) is 9.66. The minimum atomic E-state index is -0.498. The third kappa shape index (κ3) is 4.34. The van der Waals surface area contributed by atoms with Crippen molar-refractivity contribution in [1.29, 1.82) is 0 Å². The monoisotopic (exact) mass is 393 g/mol. The van der Waals surface area contributed by atoms with Crippen molar-refractivity contribution in [2.75, 3.05) is 0 Å². The van der Waals surface area contributed by atoms with Crippen LogP contribution in [0.1, 0.15) is 25.7 Å². The van der Waals surface area contributed by atoms with E-state index in [1.165, 1.54) is 34.8 Å². The molecular formula is C18H13ClFNO2S2. The van der Waals surface area contributed by atoms with Gasteiger partial charge in [-0.05, 0) is 35.7 Å². The number of benzene rings is 1. The molecule has 2 aromatic heterocycles. The first kappa shape index (κ1) is 17.8. The van der Waals surface area contributed by atoms with Gasteiger partial charge >= 0.3 is 0 Å². The Morgan fingerprint density at radius 3 is 2.72 bits per heavy atom. The molecule has 0 unspecified atom stereocenters. The molecule has 1 aromatic carbocycles. The van der Waals surface area contributed by atoms with E-state index in [0.29, 0.717) is 10.4 Å². The van der Waals surface area contributed by atoms with Gasteiger partial charge in [0.15, 0.2) is 0 Å². The van der Waals surface area contributed by atoms with Crippen LogP contribution in [0.25, 0.3) is 0 Å². The number of nitrogens with one attached hydrogen (secondary N) is 1. The third-order valence-electron chi connectivity index (χ3n) is 3.53. The molecule has 0 saturated carbocycles. The first-order valence-corrected chi connectivity index (χ1v) is 9.53. The van der Waals surface area contributed by atoms with Crippen molar-refractivity contribution in [2.24, 2.45) is 0 Å². The number of rotatable bonds is 6. The molecule has 128 valence electrons. The van der Waals surface area contributed by atoms with Gasteiger partial charge in [-0.2, -0.15) is 11.3 Å². The van der Waals surface area contributed by atoms with E-state index < -0.39 is 5.82 Å². The summed E-state index contributed by atoms with van der Waals surface area (Å²) in [6.45, 7) is 0.284. The van der Waals surface area contributed by atoms with E-state index >= 15 is 0 Å². The first-order chi connectivity index (χ1) is 12.0. The minimum Gasteiger partial charge on any atom is -0.351 e. The van der Waals surface area contributed by atoms with Crippen molar-refractivity contribution >= 4 is 46.0 Å². The van der Waals surface area contributed by atoms with Gasteiger partial charge in [-0.15, -0.1) is 11.3 Å². The number of carbonyl (C=O) groups is 2. The fourth-order valence-corrected chi connectivity index (χ4v) is 4.02. The Bertz CT molecular complexity index is 885. The Kier molecular flexibility index (Phi) is 5.63. The summed E-state index contributed by atoms with van der Waals surface area (Å²) in [5, 5.41) is 6.62. The Morgan fingerprint density at radius 2 is 2.00 bits per heavy atom. The molecule has 2 heterocycles. The van der Waals surface area contributed by atoms with Crippen LogP contribution in [0, 0.1) is 5.82 Å². The lowest BCUT2D eigenvalue weighted by Gasteiger charge is -2.06. The summed E-state index contributed by atoms with van der Waals surface area (Å²) >= 11 is 8.73. The number of carbonyl (C=O) groups excluding carboxylic acids is 2. The molecule has 0 spiro atoms. The second kappa shape index (κ2) is 7.91. The van der Waals surface area contributed by atoms with Gasteiger partial charge in [0.1, 0.15) is 5.82 Å². The highest BCUT2D eigenvalue weighted by Crippen LogP contribution is 2.22. The molecule has 0 aliphatic heterocycles. The zero-order valence-corrected chi connectivity index (χ0v) is 15.3. The van der Waals surface area contributed by atoms with Gasteiger partial charge in [-0.1, -0.05) is 17.7 Å². The van der Waals surface area contributed by atoms with Crippen LogP contribution in [0.2, 0.25) is 5.02 Å². The van der Waals surface area contributed by atoms with Crippen molar-refractivity contribution in [1.82, 2.24) is 5.32 Å². The quantitative estimate of drug-likeness (QED) is 0.617. The van der Waals surface area contributed by atoms with Gasteiger partial charge in [0.25, 0.3) is 0 Å². The molecule has 0 saturated heterocycles. The molecule has 3 nitrogen and oxygen atoms in total. The normalized spacial score (nSPS) is 10.6. The zero-order chi connectivity index (χ0) is 17.8. The van der Waals surface area contributed by atoms with Gasteiger partial charge < -0.3 is 5.32 Å². The molecule has 3 rings (SSSR count). The molecule has 0 bridgehead atoms. The van der Waals surface area contributed by atoms with Crippen molar-refractivity contribution in [3.05, 3.63) is 78.9 Å². The van der Waals surface area contributed by atoms with E-state index in [9.17, 15) is 14.0 Å². The van der Waals surface area contributed by atoms with Crippen LogP contribution in [0.5, 0.6) is 0 Å². The summed E-state index contributed by atoms with van der Waals surface area (Å²) in [5.74, 6) is -0.851. The van der Waals surface area contributed by atoms with Crippen molar-refractivity contribution < 1.29 is 14.0 Å². The minimum absolute atomic E-state index is 0.0260. The molecule has 1 N–H and O–H groups in total. The largest absolute Gasteiger partial charge is 0.351 e. The topological polar surface area (TPSA) is 46.2 Å². The highest BCUT2D eigenvalue weighted by atomic mass is 35.5. The molecule has 1 amide bonds. The number of amides is 1. The van der Waals surface area contributed by atoms with Gasteiger partial charge in [0.2, 0.25) is 11.7 Å². The molecule has 7 heteroatoms. The molecular weight excluding hydrogens is 381 g/mol. The number of thiophene rings is 2. The van der Waals surface area contributed by atoms with E-state index in [-0.39, 0.29) is 35.2 Å². The summed E-state index contributed by atoms with van der Waals surface area (Å²) in [7, 11) is 0. The van der Waals surface area contributed by atoms with Gasteiger partial charge in [0, 0.05) is 26.4 Å². The Hall–Kier alpha value is -2.02. The molecule has 3 aromatic rings. The Balaban J connectivity index is 1.59. The van der Waals surface area contributed by atoms with Crippen molar-refractivity contribution in [3.8, 4) is 0 Å². The maximum absolute atomic E-state index is 13.7. The zero-order valence-electron chi connectivity index (χ0n) is 12.9. The predicted molar refractivity (Wildman–Crippen MR) is 99.0 cm³/mol. The van der Waals surface area contributed by atoms with Crippen LogP contribution >= 0.6 is 34.3 Å². The summed E-state index contributed by atoms with van der Waals surface area (Å²) < 4.78 is 13.7. The molecule has 25 heavy (non-hydrogen) atoms. The Labute approximate surface area is 157 Å². The maximum Gasteiger partial charge on any atom is 0.224 e. The van der Waals surface area contributed by atoms with Crippen LogP contribution in [-0.2, 0) is 17.8 Å². The molecule has 0 radical (unpaired) electrons. The lowest BCUT2D eigenvalue weighted by atomic mass is 10.1. The maximum atomic E-state index is 13.7. The van der Waals surface area contributed by atoms with E-state index in [4.69, 9.17) is 11.6 Å². The molecule has 0 aliphatic carbocycles. The van der Waals surface area contributed by atoms with Gasteiger partial charge in [-0.25, -0.2) is 4.39 Å². The van der Waals surface area contributed by atoms with Crippen molar-refractivity contribution in [2.45, 2.75) is 13.0 Å². The summed E-state index contributed by atoms with van der Waals surface area (Å²) in [4.78, 5) is 25.7.